The Morgan fingerprint density at radius 2 is 1.86 bits per heavy atom. The maximum atomic E-state index is 14.0. The van der Waals surface area contributed by atoms with E-state index in [2.05, 4.69) is 33.8 Å². The molecule has 0 spiro atoms. The summed E-state index contributed by atoms with van der Waals surface area (Å²) in [4.78, 5) is 35.3. The van der Waals surface area contributed by atoms with E-state index >= 15 is 0 Å². The van der Waals surface area contributed by atoms with Crippen LogP contribution in [0.2, 0.25) is 0 Å². The molecule has 2 aromatic rings. The minimum absolute atomic E-state index is 0.0658. The molecule has 43 heavy (non-hydrogen) atoms. The Morgan fingerprint density at radius 1 is 1.14 bits per heavy atom. The van der Waals surface area contributed by atoms with Gasteiger partial charge < -0.3 is 28.8 Å². The van der Waals surface area contributed by atoms with Crippen LogP contribution in [0, 0.1) is 11.8 Å². The van der Waals surface area contributed by atoms with Gasteiger partial charge in [0.25, 0.3) is 5.91 Å². The number of ether oxygens (including phenoxy) is 3. The fraction of sp³-hybridized carbons (Fsp3) is 0.645. The van der Waals surface area contributed by atoms with Gasteiger partial charge in [-0.25, -0.2) is 9.78 Å². The molecule has 2 heterocycles. The monoisotopic (exact) mass is 606 g/mol. The summed E-state index contributed by atoms with van der Waals surface area (Å²) in [5, 5.41) is 2.74. The molecule has 1 N–H and O–H groups in total. The molecule has 1 aliphatic carbocycles. The lowest BCUT2D eigenvalue weighted by Gasteiger charge is -2.40. The van der Waals surface area contributed by atoms with Crippen molar-refractivity contribution < 1.29 is 37.0 Å². The standard InChI is InChI=1S/C31H44F2N4O6/c1-18(2)15-36-12-13-37(19(3)16-36)28(38)25-26(20(4)34-30(39)43-31(5,6)7)42-27(35-25)22-10-11-23(41-29(32)33)24(14-22)40-17-21-8-9-21/h10-11,14,18-21,29H,8-9,12-13,15-17H2,1-7H3,(H,34,39)/t19?,20-/m0/s1. The Labute approximate surface area is 252 Å². The molecule has 0 radical (unpaired) electrons. The van der Waals surface area contributed by atoms with E-state index in [1.54, 1.807) is 32.6 Å². The highest BCUT2D eigenvalue weighted by Gasteiger charge is 2.34. The highest BCUT2D eigenvalue weighted by atomic mass is 19.3. The number of nitrogens with zero attached hydrogens (tertiary/aromatic N) is 3. The summed E-state index contributed by atoms with van der Waals surface area (Å²) in [6, 6.07) is 3.57. The zero-order valence-electron chi connectivity index (χ0n) is 26.1. The van der Waals surface area contributed by atoms with Crippen LogP contribution in [0.15, 0.2) is 22.6 Å². The number of carbonyl (C=O) groups excluding carboxylic acids is 2. The fourth-order valence-electron chi connectivity index (χ4n) is 5.04. The van der Waals surface area contributed by atoms with E-state index in [-0.39, 0.29) is 40.8 Å². The number of amides is 2. The molecule has 1 saturated heterocycles. The van der Waals surface area contributed by atoms with Crippen molar-refractivity contribution in [2.24, 2.45) is 11.8 Å². The summed E-state index contributed by atoms with van der Waals surface area (Å²) in [5.41, 5.74) is -0.248. The van der Waals surface area contributed by atoms with Crippen molar-refractivity contribution in [3.63, 3.8) is 0 Å². The number of piperazine rings is 1. The van der Waals surface area contributed by atoms with Crippen LogP contribution >= 0.6 is 0 Å². The summed E-state index contributed by atoms with van der Waals surface area (Å²) in [5.74, 6) is 0.848. The van der Waals surface area contributed by atoms with Crippen molar-refractivity contribution in [3.8, 4) is 23.0 Å². The summed E-state index contributed by atoms with van der Waals surface area (Å²) < 4.78 is 48.2. The Balaban J connectivity index is 1.66. The number of benzene rings is 1. The molecule has 10 nitrogen and oxygen atoms in total. The van der Waals surface area contributed by atoms with E-state index in [1.807, 2.05) is 6.92 Å². The molecule has 4 rings (SSSR count). The molecule has 2 amide bonds. The SMILES string of the molecule is CC(C)CN1CCN(C(=O)c2nc(-c3ccc(OC(F)F)c(OCC4CC4)c3)oc2[C@H](C)NC(=O)OC(C)(C)C)C(C)C1. The van der Waals surface area contributed by atoms with Crippen molar-refractivity contribution in [2.75, 3.05) is 32.8 Å². The highest BCUT2D eigenvalue weighted by Crippen LogP contribution is 2.37. The molecule has 2 aliphatic rings. The number of carbonyl (C=O) groups is 2. The van der Waals surface area contributed by atoms with Crippen molar-refractivity contribution in [1.29, 1.82) is 0 Å². The normalized spacial score (nSPS) is 18.6. The fourth-order valence-corrected chi connectivity index (χ4v) is 5.04. The van der Waals surface area contributed by atoms with E-state index in [4.69, 9.17) is 13.9 Å². The lowest BCUT2D eigenvalue weighted by Crippen LogP contribution is -2.54. The Hall–Kier alpha value is -3.41. The summed E-state index contributed by atoms with van der Waals surface area (Å²) in [6.07, 6.45) is 1.37. The van der Waals surface area contributed by atoms with E-state index < -0.39 is 24.3 Å². The number of hydrogen-bond donors (Lipinski definition) is 1. The Bertz CT molecular complexity index is 1270. The molecule has 1 aromatic heterocycles. The number of rotatable bonds is 11. The number of aromatic nitrogens is 1. The van der Waals surface area contributed by atoms with Crippen LogP contribution in [0.25, 0.3) is 11.5 Å². The topological polar surface area (TPSA) is 106 Å². The molecular formula is C31H44F2N4O6. The van der Waals surface area contributed by atoms with Crippen LogP contribution in [0.4, 0.5) is 13.6 Å². The van der Waals surface area contributed by atoms with Gasteiger partial charge in [0.05, 0.1) is 12.6 Å². The molecule has 2 atom stereocenters. The van der Waals surface area contributed by atoms with Gasteiger partial charge in [-0.1, -0.05) is 13.8 Å². The van der Waals surface area contributed by atoms with Gasteiger partial charge in [0.15, 0.2) is 23.0 Å². The highest BCUT2D eigenvalue weighted by molar-refractivity contribution is 5.94. The summed E-state index contributed by atoms with van der Waals surface area (Å²) >= 11 is 0. The number of alkyl halides is 2. The maximum Gasteiger partial charge on any atom is 0.408 e. The lowest BCUT2D eigenvalue weighted by atomic mass is 10.1. The van der Waals surface area contributed by atoms with Crippen LogP contribution in [0.3, 0.4) is 0 Å². The second kappa shape index (κ2) is 13.5. The van der Waals surface area contributed by atoms with Crippen molar-refractivity contribution in [2.45, 2.75) is 85.6 Å². The van der Waals surface area contributed by atoms with Crippen molar-refractivity contribution >= 4 is 12.0 Å². The van der Waals surface area contributed by atoms with E-state index in [0.29, 0.717) is 30.6 Å². The van der Waals surface area contributed by atoms with Gasteiger partial charge in [0.2, 0.25) is 5.89 Å². The molecule has 1 saturated carbocycles. The minimum Gasteiger partial charge on any atom is -0.489 e. The lowest BCUT2D eigenvalue weighted by molar-refractivity contribution is -0.0515. The van der Waals surface area contributed by atoms with E-state index in [9.17, 15) is 18.4 Å². The Kier molecular flexibility index (Phi) is 10.2. The molecule has 1 aromatic carbocycles. The van der Waals surface area contributed by atoms with Gasteiger partial charge >= 0.3 is 12.7 Å². The zero-order valence-corrected chi connectivity index (χ0v) is 26.1. The number of nitrogens with one attached hydrogen (secondary N) is 1. The first-order valence-corrected chi connectivity index (χ1v) is 15.0. The molecule has 1 unspecified atom stereocenters. The largest absolute Gasteiger partial charge is 0.489 e. The van der Waals surface area contributed by atoms with Crippen molar-refractivity contribution in [3.05, 3.63) is 29.7 Å². The second-order valence-corrected chi connectivity index (χ2v) is 12.9. The summed E-state index contributed by atoms with van der Waals surface area (Å²) in [6.45, 7) is 13.5. The van der Waals surface area contributed by atoms with Crippen LogP contribution in [0.5, 0.6) is 11.5 Å². The van der Waals surface area contributed by atoms with Crippen LogP contribution in [-0.4, -0.2) is 77.8 Å². The smallest absolute Gasteiger partial charge is 0.408 e. The molecule has 238 valence electrons. The first-order chi connectivity index (χ1) is 20.2. The Morgan fingerprint density at radius 3 is 2.47 bits per heavy atom. The van der Waals surface area contributed by atoms with Crippen LogP contribution < -0.4 is 14.8 Å². The van der Waals surface area contributed by atoms with Gasteiger partial charge in [0, 0.05) is 37.8 Å². The number of hydrogen-bond acceptors (Lipinski definition) is 8. The van der Waals surface area contributed by atoms with Gasteiger partial charge in [-0.05, 0) is 77.5 Å². The molecule has 0 bridgehead atoms. The number of halogens is 2. The van der Waals surface area contributed by atoms with Crippen LogP contribution in [-0.2, 0) is 4.74 Å². The van der Waals surface area contributed by atoms with Gasteiger partial charge in [-0.15, -0.1) is 0 Å². The number of oxazole rings is 1. The van der Waals surface area contributed by atoms with E-state index in [1.165, 1.54) is 18.2 Å². The molecule has 12 heteroatoms. The maximum absolute atomic E-state index is 14.0. The van der Waals surface area contributed by atoms with Crippen LogP contribution in [0.1, 0.15) is 83.6 Å². The summed E-state index contributed by atoms with van der Waals surface area (Å²) in [7, 11) is 0. The second-order valence-electron chi connectivity index (χ2n) is 12.9. The first kappa shape index (κ1) is 32.5. The zero-order chi connectivity index (χ0) is 31.5. The van der Waals surface area contributed by atoms with Gasteiger partial charge in [-0.3, -0.25) is 9.69 Å². The minimum atomic E-state index is -3.02. The van der Waals surface area contributed by atoms with E-state index in [0.717, 1.165) is 32.5 Å². The van der Waals surface area contributed by atoms with Crippen molar-refractivity contribution in [1.82, 2.24) is 20.1 Å². The third kappa shape index (κ3) is 9.04. The average Bonchev–Trinajstić information content (AvgIpc) is 3.61. The predicted octanol–water partition coefficient (Wildman–Crippen LogP) is 6.12. The quantitative estimate of drug-likeness (QED) is 0.326. The molecule has 2 fully saturated rings. The van der Waals surface area contributed by atoms with Gasteiger partial charge in [-0.2, -0.15) is 8.78 Å². The van der Waals surface area contributed by atoms with Gasteiger partial charge in [0.1, 0.15) is 5.60 Å². The molecular weight excluding hydrogens is 562 g/mol. The third-order valence-corrected chi connectivity index (χ3v) is 7.16. The first-order valence-electron chi connectivity index (χ1n) is 15.0. The molecule has 1 aliphatic heterocycles. The number of alkyl carbamates (subject to hydrolysis) is 1. The average molecular weight is 607 g/mol. The third-order valence-electron chi connectivity index (χ3n) is 7.16. The predicted molar refractivity (Wildman–Crippen MR) is 156 cm³/mol.